The van der Waals surface area contributed by atoms with Crippen molar-refractivity contribution in [2.45, 2.75) is 39.3 Å². The van der Waals surface area contributed by atoms with Gasteiger partial charge in [-0.05, 0) is 58.0 Å². The van der Waals surface area contributed by atoms with Gasteiger partial charge in [0.15, 0.2) is 0 Å². The third-order valence-electron chi connectivity index (χ3n) is 5.04. The first-order valence-electron chi connectivity index (χ1n) is 9.18. The summed E-state index contributed by atoms with van der Waals surface area (Å²) in [6, 6.07) is 10.2. The maximum Gasteiger partial charge on any atom is 0.255 e. The van der Waals surface area contributed by atoms with Crippen molar-refractivity contribution in [1.29, 1.82) is 0 Å². The van der Waals surface area contributed by atoms with Crippen LogP contribution in [0.4, 0.5) is 5.69 Å². The topological polar surface area (TPSA) is 37.7 Å². The molecule has 0 bridgehead atoms. The van der Waals surface area contributed by atoms with Gasteiger partial charge in [-0.3, -0.25) is 4.79 Å². The van der Waals surface area contributed by atoms with Crippen molar-refractivity contribution in [3.8, 4) is 5.75 Å². The van der Waals surface area contributed by atoms with Gasteiger partial charge in [0.2, 0.25) is 0 Å². The van der Waals surface area contributed by atoms with Crippen LogP contribution < -0.4 is 9.64 Å². The van der Waals surface area contributed by atoms with Crippen LogP contribution in [0.2, 0.25) is 0 Å². The zero-order valence-corrected chi connectivity index (χ0v) is 16.4. The molecule has 2 aromatic rings. The Hall–Kier alpha value is -2.43. The van der Waals surface area contributed by atoms with E-state index in [1.807, 2.05) is 35.5 Å². The quantitative estimate of drug-likeness (QED) is 0.844. The molecule has 1 aromatic carbocycles. The molecule has 0 N–H and O–H groups in total. The van der Waals surface area contributed by atoms with Crippen molar-refractivity contribution in [3.63, 3.8) is 0 Å². The van der Waals surface area contributed by atoms with Crippen molar-refractivity contribution in [2.24, 2.45) is 0 Å². The molecule has 1 aromatic heterocycles. The third kappa shape index (κ3) is 3.71. The second kappa shape index (κ2) is 7.06. The highest BCUT2D eigenvalue weighted by Crippen LogP contribution is 2.24. The largest absolute Gasteiger partial charge is 0.497 e. The monoisotopic (exact) mass is 355 g/mol. The van der Waals surface area contributed by atoms with Crippen LogP contribution >= 0.6 is 0 Å². The molecule has 140 valence electrons. The predicted octanol–water partition coefficient (Wildman–Crippen LogP) is 3.60. The fraction of sp³-hybridized carbons (Fsp3) is 0.476. The minimum Gasteiger partial charge on any atom is -0.497 e. The lowest BCUT2D eigenvalue weighted by atomic mass is 10.1. The number of anilines is 1. The van der Waals surface area contributed by atoms with Crippen LogP contribution in [0.1, 0.15) is 38.1 Å². The molecule has 0 saturated carbocycles. The van der Waals surface area contributed by atoms with Crippen LogP contribution in [0.25, 0.3) is 0 Å². The number of hydrogen-bond donors (Lipinski definition) is 0. The van der Waals surface area contributed by atoms with Crippen LogP contribution in [-0.4, -0.2) is 48.2 Å². The number of methoxy groups -OCH3 is 1. The maximum atomic E-state index is 13.0. The van der Waals surface area contributed by atoms with Gasteiger partial charge in [0, 0.05) is 49.3 Å². The Balaban J connectivity index is 1.68. The molecule has 1 aliphatic heterocycles. The van der Waals surface area contributed by atoms with Gasteiger partial charge in [-0.15, -0.1) is 0 Å². The lowest BCUT2D eigenvalue weighted by Gasteiger charge is -2.41. The first-order valence-corrected chi connectivity index (χ1v) is 9.18. The van der Waals surface area contributed by atoms with Crippen LogP contribution in [-0.2, 0) is 5.54 Å². The van der Waals surface area contributed by atoms with Crippen molar-refractivity contribution < 1.29 is 9.53 Å². The van der Waals surface area contributed by atoms with E-state index in [1.165, 1.54) is 5.69 Å². The Labute approximate surface area is 156 Å². The van der Waals surface area contributed by atoms with E-state index in [9.17, 15) is 4.79 Å². The minimum absolute atomic E-state index is 0.0167. The summed E-state index contributed by atoms with van der Waals surface area (Å²) in [5.41, 5.74) is 1.92. The normalized spacial score (nSPS) is 18.1. The molecule has 3 rings (SSSR count). The predicted molar refractivity (Wildman–Crippen MR) is 105 cm³/mol. The average molecular weight is 355 g/mol. The number of ether oxygens (including phenoxy) is 1. The Morgan fingerprint density at radius 3 is 2.35 bits per heavy atom. The van der Waals surface area contributed by atoms with Crippen LogP contribution in [0.3, 0.4) is 0 Å². The highest BCUT2D eigenvalue weighted by molar-refractivity contribution is 5.94. The molecule has 1 atom stereocenters. The Morgan fingerprint density at radius 1 is 1.12 bits per heavy atom. The molecule has 1 unspecified atom stereocenters. The van der Waals surface area contributed by atoms with E-state index in [2.05, 4.69) is 49.3 Å². The van der Waals surface area contributed by atoms with Gasteiger partial charge in [0.1, 0.15) is 5.75 Å². The lowest BCUT2D eigenvalue weighted by molar-refractivity contribution is 0.0674. The summed E-state index contributed by atoms with van der Waals surface area (Å²) in [4.78, 5) is 17.3. The zero-order valence-electron chi connectivity index (χ0n) is 16.4. The van der Waals surface area contributed by atoms with Crippen LogP contribution in [0.15, 0.2) is 42.7 Å². The van der Waals surface area contributed by atoms with Crippen molar-refractivity contribution in [3.05, 3.63) is 48.3 Å². The number of carbonyl (C=O) groups excluding carboxylic acids is 1. The standard InChI is InChI=1S/C21H29N3O2/c1-16-14-22(18-6-8-19(26-5)9-7-18)12-13-24(16)20(25)17-10-11-23(15-17)21(2,3)4/h6-11,15-16H,12-14H2,1-5H3. The van der Waals surface area contributed by atoms with Gasteiger partial charge in [-0.2, -0.15) is 0 Å². The second-order valence-electron chi connectivity index (χ2n) is 7.97. The molecule has 1 fully saturated rings. The number of aromatic nitrogens is 1. The third-order valence-corrected chi connectivity index (χ3v) is 5.04. The van der Waals surface area contributed by atoms with E-state index in [0.29, 0.717) is 0 Å². The summed E-state index contributed by atoms with van der Waals surface area (Å²) in [5, 5.41) is 0. The minimum atomic E-state index is -0.0167. The number of piperazine rings is 1. The lowest BCUT2D eigenvalue weighted by Crippen LogP contribution is -2.54. The molecule has 0 aliphatic carbocycles. The number of nitrogens with zero attached hydrogens (tertiary/aromatic N) is 3. The van der Waals surface area contributed by atoms with E-state index >= 15 is 0 Å². The van der Waals surface area contributed by atoms with Crippen molar-refractivity contribution in [2.75, 3.05) is 31.6 Å². The van der Waals surface area contributed by atoms with Crippen LogP contribution in [0, 0.1) is 0 Å². The summed E-state index contributed by atoms with van der Waals surface area (Å²) < 4.78 is 7.32. The summed E-state index contributed by atoms with van der Waals surface area (Å²) in [6.07, 6.45) is 3.95. The molecule has 0 radical (unpaired) electrons. The maximum absolute atomic E-state index is 13.0. The number of hydrogen-bond acceptors (Lipinski definition) is 3. The second-order valence-corrected chi connectivity index (χ2v) is 7.97. The number of carbonyl (C=O) groups is 1. The van der Waals surface area contributed by atoms with Crippen molar-refractivity contribution in [1.82, 2.24) is 9.47 Å². The van der Waals surface area contributed by atoms with Crippen molar-refractivity contribution >= 4 is 11.6 Å². The van der Waals surface area contributed by atoms with Gasteiger partial charge in [0.05, 0.1) is 12.7 Å². The average Bonchev–Trinajstić information content (AvgIpc) is 3.12. The highest BCUT2D eigenvalue weighted by atomic mass is 16.5. The molecule has 1 aliphatic rings. The summed E-state index contributed by atoms with van der Waals surface area (Å²) in [6.45, 7) is 10.9. The van der Waals surface area contributed by atoms with E-state index in [0.717, 1.165) is 30.9 Å². The van der Waals surface area contributed by atoms with E-state index in [4.69, 9.17) is 4.74 Å². The molecule has 2 heterocycles. The SMILES string of the molecule is COc1ccc(N2CCN(C(=O)c3ccn(C(C)(C)C)c3)C(C)C2)cc1. The van der Waals surface area contributed by atoms with Gasteiger partial charge >= 0.3 is 0 Å². The zero-order chi connectivity index (χ0) is 18.9. The summed E-state index contributed by atoms with van der Waals surface area (Å²) >= 11 is 0. The summed E-state index contributed by atoms with van der Waals surface area (Å²) in [5.74, 6) is 0.980. The fourth-order valence-electron chi connectivity index (χ4n) is 3.39. The van der Waals surface area contributed by atoms with E-state index in [-0.39, 0.29) is 17.5 Å². The molecule has 5 heteroatoms. The number of amides is 1. The smallest absolute Gasteiger partial charge is 0.255 e. The number of benzene rings is 1. The van der Waals surface area contributed by atoms with E-state index in [1.54, 1.807) is 7.11 Å². The molecular formula is C21H29N3O2. The van der Waals surface area contributed by atoms with Gasteiger partial charge in [-0.1, -0.05) is 0 Å². The molecule has 0 spiro atoms. The molecule has 1 amide bonds. The van der Waals surface area contributed by atoms with Gasteiger partial charge in [0.25, 0.3) is 5.91 Å². The highest BCUT2D eigenvalue weighted by Gasteiger charge is 2.29. The first kappa shape index (κ1) is 18.4. The van der Waals surface area contributed by atoms with Gasteiger partial charge < -0.3 is 19.1 Å². The summed E-state index contributed by atoms with van der Waals surface area (Å²) in [7, 11) is 1.68. The fourth-order valence-corrected chi connectivity index (χ4v) is 3.39. The van der Waals surface area contributed by atoms with Gasteiger partial charge in [-0.25, -0.2) is 0 Å². The molecular weight excluding hydrogens is 326 g/mol. The Kier molecular flexibility index (Phi) is 4.99. The Morgan fingerprint density at radius 2 is 1.81 bits per heavy atom. The molecule has 5 nitrogen and oxygen atoms in total. The molecule has 1 saturated heterocycles. The van der Waals surface area contributed by atoms with Crippen LogP contribution in [0.5, 0.6) is 5.75 Å². The van der Waals surface area contributed by atoms with E-state index < -0.39 is 0 Å². The first-order chi connectivity index (χ1) is 12.3. The molecule has 26 heavy (non-hydrogen) atoms. The number of rotatable bonds is 3. The Bertz CT molecular complexity index is 758.